The summed E-state index contributed by atoms with van der Waals surface area (Å²) in [4.78, 5) is 8.99. The van der Waals surface area contributed by atoms with Crippen LogP contribution in [-0.2, 0) is 18.5 Å². The summed E-state index contributed by atoms with van der Waals surface area (Å²) in [5, 5.41) is 11.9. The maximum absolute atomic E-state index is 5.63. The molecule has 1 aliphatic rings. The van der Waals surface area contributed by atoms with Crippen molar-refractivity contribution in [2.75, 3.05) is 7.05 Å². The zero-order valence-corrected chi connectivity index (χ0v) is 16.7. The Kier molecular flexibility index (Phi) is 4.06. The molecule has 0 fully saturated rings. The number of pyridine rings is 1. The molecule has 7 nitrogen and oxygen atoms in total. The molecule has 1 aromatic carbocycles. The highest BCUT2D eigenvalue weighted by Crippen LogP contribution is 2.43. The Morgan fingerprint density at radius 1 is 1.10 bits per heavy atom. The molecule has 1 N–H and O–H groups in total. The summed E-state index contributed by atoms with van der Waals surface area (Å²) in [7, 11) is 1.93. The molecule has 0 radical (unpaired) electrons. The van der Waals surface area contributed by atoms with Crippen LogP contribution in [-0.4, -0.2) is 32.0 Å². The standard InChI is InChI=1S/C22H22N6O/c1-22(2)13-28-19(16-8-9-24-12-18(16)22)17(11-25-28)21-26-20(27-29-21)15-6-4-14(5-7-15)10-23-3/h4-9,11-12,23H,10,13H2,1-3H3. The lowest BCUT2D eigenvalue weighted by atomic mass is 9.79. The van der Waals surface area contributed by atoms with Crippen molar-refractivity contribution in [1.29, 1.82) is 0 Å². The van der Waals surface area contributed by atoms with Crippen LogP contribution in [0.3, 0.4) is 0 Å². The molecule has 4 aromatic rings. The van der Waals surface area contributed by atoms with Crippen LogP contribution in [0.2, 0.25) is 0 Å². The lowest BCUT2D eigenvalue weighted by Crippen LogP contribution is -2.30. The summed E-state index contributed by atoms with van der Waals surface area (Å²) in [6.07, 6.45) is 5.57. The highest BCUT2D eigenvalue weighted by molar-refractivity contribution is 5.80. The SMILES string of the molecule is CNCc1ccc(-c2noc(-c3cnn4c3-c3ccncc3C(C)(C)C4)n2)cc1. The van der Waals surface area contributed by atoms with Gasteiger partial charge in [-0.3, -0.25) is 9.67 Å². The minimum atomic E-state index is -0.0466. The molecule has 1 aliphatic heterocycles. The average Bonchev–Trinajstić information content (AvgIpc) is 3.36. The fraction of sp³-hybridized carbons (Fsp3) is 0.273. The molecule has 4 heterocycles. The van der Waals surface area contributed by atoms with Gasteiger partial charge in [0, 0.05) is 35.5 Å². The largest absolute Gasteiger partial charge is 0.333 e. The molecule has 0 unspecified atom stereocenters. The highest BCUT2D eigenvalue weighted by atomic mass is 16.5. The summed E-state index contributed by atoms with van der Waals surface area (Å²) >= 11 is 0. The minimum absolute atomic E-state index is 0.0466. The predicted octanol–water partition coefficient (Wildman–Crippen LogP) is 3.67. The van der Waals surface area contributed by atoms with E-state index < -0.39 is 0 Å². The molecule has 0 saturated heterocycles. The van der Waals surface area contributed by atoms with E-state index in [0.717, 1.165) is 35.5 Å². The third-order valence-corrected chi connectivity index (χ3v) is 5.44. The number of nitrogens with zero attached hydrogens (tertiary/aromatic N) is 5. The number of hydrogen-bond acceptors (Lipinski definition) is 6. The summed E-state index contributed by atoms with van der Waals surface area (Å²) in [5.74, 6) is 1.05. The van der Waals surface area contributed by atoms with Crippen LogP contribution < -0.4 is 5.32 Å². The van der Waals surface area contributed by atoms with Crippen LogP contribution >= 0.6 is 0 Å². The van der Waals surface area contributed by atoms with Crippen molar-refractivity contribution in [3.63, 3.8) is 0 Å². The molecule has 0 bridgehead atoms. The predicted molar refractivity (Wildman–Crippen MR) is 110 cm³/mol. The Bertz CT molecular complexity index is 1170. The normalized spacial score (nSPS) is 14.4. The van der Waals surface area contributed by atoms with Gasteiger partial charge in [0.25, 0.3) is 5.89 Å². The van der Waals surface area contributed by atoms with E-state index in [1.165, 1.54) is 11.1 Å². The Morgan fingerprint density at radius 2 is 1.93 bits per heavy atom. The Morgan fingerprint density at radius 3 is 2.72 bits per heavy atom. The van der Waals surface area contributed by atoms with Gasteiger partial charge in [-0.1, -0.05) is 43.3 Å². The first kappa shape index (κ1) is 17.8. The molecular formula is C22H22N6O. The van der Waals surface area contributed by atoms with Gasteiger partial charge < -0.3 is 9.84 Å². The molecule has 7 heteroatoms. The average molecular weight is 386 g/mol. The Balaban J connectivity index is 1.55. The highest BCUT2D eigenvalue weighted by Gasteiger charge is 2.34. The lowest BCUT2D eigenvalue weighted by molar-refractivity contribution is 0.398. The van der Waals surface area contributed by atoms with E-state index in [0.29, 0.717) is 11.7 Å². The second kappa shape index (κ2) is 6.63. The molecular weight excluding hydrogens is 364 g/mol. The fourth-order valence-electron chi connectivity index (χ4n) is 3.97. The topological polar surface area (TPSA) is 81.7 Å². The van der Waals surface area contributed by atoms with Gasteiger partial charge in [0.1, 0.15) is 0 Å². The van der Waals surface area contributed by atoms with Crippen molar-refractivity contribution >= 4 is 0 Å². The van der Waals surface area contributed by atoms with Crippen LogP contribution in [0.15, 0.2) is 53.4 Å². The van der Waals surface area contributed by atoms with Crippen LogP contribution in [0.5, 0.6) is 0 Å². The van der Waals surface area contributed by atoms with Gasteiger partial charge in [0.05, 0.1) is 24.0 Å². The maximum atomic E-state index is 5.63. The van der Waals surface area contributed by atoms with Gasteiger partial charge in [-0.05, 0) is 24.2 Å². The zero-order chi connectivity index (χ0) is 20.0. The van der Waals surface area contributed by atoms with E-state index in [1.807, 2.05) is 48.5 Å². The van der Waals surface area contributed by atoms with Gasteiger partial charge in [-0.15, -0.1) is 0 Å². The number of rotatable bonds is 4. The van der Waals surface area contributed by atoms with Crippen molar-refractivity contribution in [1.82, 2.24) is 30.2 Å². The summed E-state index contributed by atoms with van der Waals surface area (Å²) in [6.45, 7) is 6.01. The quantitative estimate of drug-likeness (QED) is 0.576. The maximum Gasteiger partial charge on any atom is 0.262 e. The molecule has 5 rings (SSSR count). The van der Waals surface area contributed by atoms with Crippen LogP contribution in [0.1, 0.15) is 25.0 Å². The summed E-state index contributed by atoms with van der Waals surface area (Å²) < 4.78 is 7.65. The molecule has 0 spiro atoms. The molecule has 29 heavy (non-hydrogen) atoms. The van der Waals surface area contributed by atoms with E-state index in [4.69, 9.17) is 4.52 Å². The van der Waals surface area contributed by atoms with Gasteiger partial charge in [0.15, 0.2) is 0 Å². The third-order valence-electron chi connectivity index (χ3n) is 5.44. The summed E-state index contributed by atoms with van der Waals surface area (Å²) in [6, 6.07) is 10.2. The monoisotopic (exact) mass is 386 g/mol. The van der Waals surface area contributed by atoms with Gasteiger partial charge in [-0.2, -0.15) is 10.1 Å². The van der Waals surface area contributed by atoms with Crippen molar-refractivity contribution in [2.45, 2.75) is 32.4 Å². The number of benzene rings is 1. The lowest BCUT2D eigenvalue weighted by Gasteiger charge is -2.32. The molecule has 146 valence electrons. The first-order valence-corrected chi connectivity index (χ1v) is 9.65. The van der Waals surface area contributed by atoms with Gasteiger partial charge in [0.2, 0.25) is 5.82 Å². The fourth-order valence-corrected chi connectivity index (χ4v) is 3.97. The van der Waals surface area contributed by atoms with Crippen molar-refractivity contribution in [2.24, 2.45) is 0 Å². The second-order valence-corrected chi connectivity index (χ2v) is 8.02. The van der Waals surface area contributed by atoms with E-state index in [1.54, 1.807) is 0 Å². The molecule has 0 atom stereocenters. The van der Waals surface area contributed by atoms with Crippen LogP contribution in [0.25, 0.3) is 34.1 Å². The minimum Gasteiger partial charge on any atom is -0.333 e. The first-order valence-electron chi connectivity index (χ1n) is 9.65. The number of fused-ring (bicyclic) bond motifs is 3. The van der Waals surface area contributed by atoms with Crippen molar-refractivity contribution in [3.05, 3.63) is 60.0 Å². The van der Waals surface area contributed by atoms with E-state index >= 15 is 0 Å². The van der Waals surface area contributed by atoms with Crippen LogP contribution in [0.4, 0.5) is 0 Å². The molecule has 0 saturated carbocycles. The first-order chi connectivity index (χ1) is 14.1. The Hall–Kier alpha value is -3.32. The Labute approximate surface area is 168 Å². The number of nitrogens with one attached hydrogen (secondary N) is 1. The second-order valence-electron chi connectivity index (χ2n) is 8.02. The van der Waals surface area contributed by atoms with Crippen molar-refractivity contribution in [3.8, 4) is 34.1 Å². The van der Waals surface area contributed by atoms with E-state index in [9.17, 15) is 0 Å². The van der Waals surface area contributed by atoms with Gasteiger partial charge in [-0.25, -0.2) is 0 Å². The van der Waals surface area contributed by atoms with Gasteiger partial charge >= 0.3 is 0 Å². The number of aromatic nitrogens is 5. The van der Waals surface area contributed by atoms with Crippen LogP contribution in [0, 0.1) is 0 Å². The van der Waals surface area contributed by atoms with E-state index in [2.05, 4.69) is 51.5 Å². The summed E-state index contributed by atoms with van der Waals surface area (Å²) in [5.41, 5.74) is 6.24. The smallest absolute Gasteiger partial charge is 0.262 e. The van der Waals surface area contributed by atoms with E-state index in [-0.39, 0.29) is 5.41 Å². The van der Waals surface area contributed by atoms with Crippen molar-refractivity contribution < 1.29 is 4.52 Å². The molecule has 3 aromatic heterocycles. The molecule has 0 aliphatic carbocycles. The number of hydrogen-bond donors (Lipinski definition) is 1. The molecule has 0 amide bonds. The zero-order valence-electron chi connectivity index (χ0n) is 16.7. The third kappa shape index (κ3) is 2.94.